The summed E-state index contributed by atoms with van der Waals surface area (Å²) in [6.45, 7) is 20.6. The monoisotopic (exact) mass is 729 g/mol. The van der Waals surface area contributed by atoms with Crippen molar-refractivity contribution < 1.29 is 14.2 Å². The average Bonchev–Trinajstić information content (AvgIpc) is 3.08. The fraction of sp³-hybridized carbons (Fsp3) is 0.878. The van der Waals surface area contributed by atoms with Gasteiger partial charge in [0.1, 0.15) is 0 Å². The Morgan fingerprint density at radius 1 is 0.346 bits per heavy atom. The molecule has 0 saturated carbocycles. The van der Waals surface area contributed by atoms with Crippen LogP contribution in [-0.2, 0) is 20.6 Å². The van der Waals surface area contributed by atoms with Crippen LogP contribution in [0.1, 0.15) is 254 Å². The molecule has 0 aliphatic heterocycles. The Balaban J connectivity index is 3.03. The molecule has 0 heterocycles. The zero-order valence-corrected chi connectivity index (χ0v) is 36.8. The lowest BCUT2D eigenvalue weighted by Gasteiger charge is -2.48. The van der Waals surface area contributed by atoms with Gasteiger partial charge in [0.2, 0.25) is 0 Å². The van der Waals surface area contributed by atoms with E-state index in [1.807, 2.05) is 0 Å². The molecule has 306 valence electrons. The van der Waals surface area contributed by atoms with Gasteiger partial charge >= 0.3 is 0 Å². The smallest absolute Gasteiger partial charge is 0.284 e. The Labute approximate surface area is 326 Å². The van der Waals surface area contributed by atoms with Crippen molar-refractivity contribution in [2.24, 2.45) is 0 Å². The number of hydrogen-bond donors (Lipinski definition) is 0. The van der Waals surface area contributed by atoms with E-state index in [1.165, 1.54) is 166 Å². The van der Waals surface area contributed by atoms with E-state index in [4.69, 9.17) is 14.2 Å². The summed E-state index contributed by atoms with van der Waals surface area (Å²) in [6.07, 6.45) is 37.2. The lowest BCUT2D eigenvalue weighted by molar-refractivity contribution is -0.455. The van der Waals surface area contributed by atoms with E-state index < -0.39 is 5.97 Å². The first kappa shape index (κ1) is 49.1. The van der Waals surface area contributed by atoms with Crippen LogP contribution in [0.4, 0.5) is 0 Å². The van der Waals surface area contributed by atoms with E-state index in [9.17, 15) is 0 Å². The number of rotatable bonds is 37. The molecule has 0 amide bonds. The van der Waals surface area contributed by atoms with Gasteiger partial charge < -0.3 is 14.2 Å². The van der Waals surface area contributed by atoms with Crippen LogP contribution in [0.3, 0.4) is 0 Å². The van der Waals surface area contributed by atoms with Gasteiger partial charge in [-0.2, -0.15) is 0 Å². The van der Waals surface area contributed by atoms with Crippen molar-refractivity contribution >= 4 is 0 Å². The summed E-state index contributed by atoms with van der Waals surface area (Å²) < 4.78 is 21.9. The number of benzene rings is 1. The average molecular weight is 729 g/mol. The van der Waals surface area contributed by atoms with Gasteiger partial charge in [0.05, 0.1) is 16.8 Å². The minimum Gasteiger partial charge on any atom is -0.321 e. The van der Waals surface area contributed by atoms with Crippen molar-refractivity contribution in [3.05, 3.63) is 35.9 Å². The lowest BCUT2D eigenvalue weighted by Crippen LogP contribution is -2.54. The van der Waals surface area contributed by atoms with Crippen molar-refractivity contribution in [3.8, 4) is 0 Å². The molecule has 0 saturated heterocycles. The molecule has 0 bridgehead atoms. The molecular formula is C49H92O3. The maximum Gasteiger partial charge on any atom is 0.284 e. The Kier molecular flexibility index (Phi) is 27.8. The molecule has 3 nitrogen and oxygen atoms in total. The van der Waals surface area contributed by atoms with Gasteiger partial charge in [0.15, 0.2) is 0 Å². The quantitative estimate of drug-likeness (QED) is 0.0504. The van der Waals surface area contributed by atoms with Gasteiger partial charge in [-0.05, 0) is 85.6 Å². The first-order chi connectivity index (χ1) is 24.9. The molecule has 52 heavy (non-hydrogen) atoms. The SMILES string of the molecule is CCCCCCCCC(C)(C)OC(CCCCCCCCCc1ccccc1)(OC(C)(C)CCCCCCCC)OC(C)(C)CCCCCCCC. The van der Waals surface area contributed by atoms with E-state index in [0.29, 0.717) is 0 Å². The summed E-state index contributed by atoms with van der Waals surface area (Å²) in [7, 11) is 0. The second-order valence-corrected chi connectivity index (χ2v) is 18.3. The van der Waals surface area contributed by atoms with Crippen molar-refractivity contribution in [2.45, 2.75) is 278 Å². The van der Waals surface area contributed by atoms with E-state index in [-0.39, 0.29) is 16.8 Å². The van der Waals surface area contributed by atoms with Crippen molar-refractivity contribution in [2.75, 3.05) is 0 Å². The molecule has 0 radical (unpaired) electrons. The molecule has 3 heteroatoms. The van der Waals surface area contributed by atoms with Gasteiger partial charge in [-0.15, -0.1) is 0 Å². The molecular weight excluding hydrogens is 637 g/mol. The molecule has 0 unspecified atom stereocenters. The zero-order chi connectivity index (χ0) is 38.4. The third kappa shape index (κ3) is 26.8. The van der Waals surface area contributed by atoms with Crippen LogP contribution >= 0.6 is 0 Å². The summed E-state index contributed by atoms with van der Waals surface area (Å²) >= 11 is 0. The lowest BCUT2D eigenvalue weighted by atomic mass is 9.96. The molecule has 1 rings (SSSR count). The fourth-order valence-corrected chi connectivity index (χ4v) is 7.82. The molecule has 0 aliphatic rings. The highest BCUT2D eigenvalue weighted by molar-refractivity contribution is 5.14. The molecule has 0 atom stereocenters. The molecule has 1 aromatic rings. The van der Waals surface area contributed by atoms with Crippen LogP contribution < -0.4 is 0 Å². The van der Waals surface area contributed by atoms with Crippen LogP contribution in [0, 0.1) is 0 Å². The largest absolute Gasteiger partial charge is 0.321 e. The summed E-state index contributed by atoms with van der Waals surface area (Å²) in [5.74, 6) is -1.04. The minimum atomic E-state index is -1.04. The van der Waals surface area contributed by atoms with Gasteiger partial charge in [0.25, 0.3) is 5.97 Å². The van der Waals surface area contributed by atoms with Crippen LogP contribution in [-0.4, -0.2) is 22.8 Å². The van der Waals surface area contributed by atoms with Gasteiger partial charge in [0, 0.05) is 6.42 Å². The van der Waals surface area contributed by atoms with E-state index >= 15 is 0 Å². The van der Waals surface area contributed by atoms with E-state index in [0.717, 1.165) is 32.1 Å². The molecule has 0 N–H and O–H groups in total. The fourth-order valence-electron chi connectivity index (χ4n) is 7.82. The predicted octanol–water partition coefficient (Wildman–Crippen LogP) is 16.6. The first-order valence-corrected chi connectivity index (χ1v) is 23.0. The Hall–Kier alpha value is -0.900. The third-order valence-electron chi connectivity index (χ3n) is 11.0. The van der Waals surface area contributed by atoms with Gasteiger partial charge in [-0.3, -0.25) is 0 Å². The predicted molar refractivity (Wildman–Crippen MR) is 229 cm³/mol. The Morgan fingerprint density at radius 2 is 0.635 bits per heavy atom. The zero-order valence-electron chi connectivity index (χ0n) is 36.8. The van der Waals surface area contributed by atoms with Gasteiger partial charge in [-0.25, -0.2) is 0 Å². The first-order valence-electron chi connectivity index (χ1n) is 23.0. The Morgan fingerprint density at radius 3 is 0.981 bits per heavy atom. The highest BCUT2D eigenvalue weighted by Crippen LogP contribution is 2.40. The number of ether oxygens (including phenoxy) is 3. The highest BCUT2D eigenvalue weighted by Gasteiger charge is 2.46. The number of aryl methyl sites for hydroxylation is 1. The highest BCUT2D eigenvalue weighted by atomic mass is 16.9. The second kappa shape index (κ2) is 29.4. The normalized spacial score (nSPS) is 12.9. The minimum absolute atomic E-state index is 0.323. The molecule has 0 aromatic heterocycles. The summed E-state index contributed by atoms with van der Waals surface area (Å²) in [5.41, 5.74) is 0.499. The third-order valence-corrected chi connectivity index (χ3v) is 11.0. The van der Waals surface area contributed by atoms with Crippen molar-refractivity contribution in [3.63, 3.8) is 0 Å². The van der Waals surface area contributed by atoms with E-state index in [1.54, 1.807) is 0 Å². The summed E-state index contributed by atoms with van der Waals surface area (Å²) in [5, 5.41) is 0. The molecule has 0 spiro atoms. The van der Waals surface area contributed by atoms with Crippen LogP contribution in [0.15, 0.2) is 30.3 Å². The van der Waals surface area contributed by atoms with Crippen molar-refractivity contribution in [1.29, 1.82) is 0 Å². The standard InChI is InChI=1S/C49H92O3/c1-10-13-16-19-26-34-41-46(4,5)50-49(51-47(6,7)42-35-27-20-17-14-11-2,52-48(8,9)43-36-28-21-18-15-12-3)44-37-29-24-22-23-25-31-38-45-39-32-30-33-40-45/h30,32-33,39-40H,10-29,31,34-38,41-44H2,1-9H3. The second-order valence-electron chi connectivity index (χ2n) is 18.3. The Bertz CT molecular complexity index is 846. The van der Waals surface area contributed by atoms with Crippen LogP contribution in [0.25, 0.3) is 0 Å². The topological polar surface area (TPSA) is 27.7 Å². The summed E-state index contributed by atoms with van der Waals surface area (Å²) in [4.78, 5) is 0. The van der Waals surface area contributed by atoms with Crippen LogP contribution in [0.5, 0.6) is 0 Å². The van der Waals surface area contributed by atoms with E-state index in [2.05, 4.69) is 92.6 Å². The number of hydrogen-bond acceptors (Lipinski definition) is 3. The maximum absolute atomic E-state index is 7.30. The van der Waals surface area contributed by atoms with Crippen LogP contribution in [0.2, 0.25) is 0 Å². The maximum atomic E-state index is 7.30. The summed E-state index contributed by atoms with van der Waals surface area (Å²) in [6, 6.07) is 11.0. The van der Waals surface area contributed by atoms with Gasteiger partial charge in [-0.1, -0.05) is 199 Å². The molecule has 0 fully saturated rings. The van der Waals surface area contributed by atoms with Crippen molar-refractivity contribution in [1.82, 2.24) is 0 Å². The molecule has 0 aliphatic carbocycles. The number of unbranched alkanes of at least 4 members (excludes halogenated alkanes) is 21. The molecule has 1 aromatic carbocycles.